The topological polar surface area (TPSA) is 0 Å². The van der Waals surface area contributed by atoms with E-state index in [9.17, 15) is 0 Å². The van der Waals surface area contributed by atoms with Crippen molar-refractivity contribution in [1.29, 1.82) is 0 Å². The summed E-state index contributed by atoms with van der Waals surface area (Å²) in [5.74, 6) is 0.648. The van der Waals surface area contributed by atoms with Crippen molar-refractivity contribution in [3.63, 3.8) is 0 Å². The van der Waals surface area contributed by atoms with Gasteiger partial charge in [-0.3, -0.25) is 0 Å². The molecule has 1 unspecified atom stereocenters. The van der Waals surface area contributed by atoms with Crippen LogP contribution in [-0.2, 0) is 0 Å². The standard InChI is InChI=1S/C6H13.Na/c1-4-5-6(2)3;/h6H,2,4-5H2,1,3H3;/q-1;+1. The molecule has 0 spiro atoms. The third-order valence-electron chi connectivity index (χ3n) is 0.781. The molecule has 0 aromatic carbocycles. The fourth-order valence-corrected chi connectivity index (χ4v) is 0.493. The SMILES string of the molecule is [CH2-]C(C)CCC.[Na+]. The molecule has 0 heterocycles. The monoisotopic (exact) mass is 108 g/mol. The smallest absolute Gasteiger partial charge is 0.341 e. The third-order valence-corrected chi connectivity index (χ3v) is 0.781. The van der Waals surface area contributed by atoms with Gasteiger partial charge in [0, 0.05) is 0 Å². The van der Waals surface area contributed by atoms with Gasteiger partial charge in [-0.15, -0.1) is 0 Å². The fourth-order valence-electron chi connectivity index (χ4n) is 0.493. The van der Waals surface area contributed by atoms with Gasteiger partial charge >= 0.3 is 29.6 Å². The van der Waals surface area contributed by atoms with Gasteiger partial charge in [-0.05, 0) is 0 Å². The molecular formula is C6H13Na. The molecule has 0 aliphatic rings. The van der Waals surface area contributed by atoms with E-state index < -0.39 is 0 Å². The normalized spacial score (nSPS) is 12.4. The Hall–Kier alpha value is 1.00. The first-order valence-electron chi connectivity index (χ1n) is 2.60. The van der Waals surface area contributed by atoms with Gasteiger partial charge in [0.2, 0.25) is 0 Å². The van der Waals surface area contributed by atoms with Crippen molar-refractivity contribution in [3.05, 3.63) is 6.92 Å². The van der Waals surface area contributed by atoms with Crippen molar-refractivity contribution in [3.8, 4) is 0 Å². The zero-order valence-electron chi connectivity index (χ0n) is 5.70. The van der Waals surface area contributed by atoms with Crippen molar-refractivity contribution in [2.45, 2.75) is 26.7 Å². The van der Waals surface area contributed by atoms with Gasteiger partial charge in [-0.25, -0.2) is 0 Å². The Labute approximate surface area is 69.0 Å². The van der Waals surface area contributed by atoms with Crippen molar-refractivity contribution >= 4 is 0 Å². The molecule has 0 aromatic heterocycles. The van der Waals surface area contributed by atoms with E-state index in [1.807, 2.05) is 0 Å². The Kier molecular flexibility index (Phi) is 10.9. The largest absolute Gasteiger partial charge is 1.00 e. The Morgan fingerprint density at radius 2 is 2.00 bits per heavy atom. The van der Waals surface area contributed by atoms with Crippen LogP contribution in [0.15, 0.2) is 0 Å². The number of rotatable bonds is 2. The Morgan fingerprint density at radius 3 is 2.00 bits per heavy atom. The number of hydrogen-bond donors (Lipinski definition) is 0. The Balaban J connectivity index is 0. The summed E-state index contributed by atoms with van der Waals surface area (Å²) in [6.45, 7) is 8.15. The van der Waals surface area contributed by atoms with Gasteiger partial charge in [0.05, 0.1) is 0 Å². The first kappa shape index (κ1) is 10.9. The molecule has 0 radical (unpaired) electrons. The van der Waals surface area contributed by atoms with E-state index >= 15 is 0 Å². The van der Waals surface area contributed by atoms with E-state index in [1.165, 1.54) is 12.8 Å². The van der Waals surface area contributed by atoms with Crippen molar-refractivity contribution in [1.82, 2.24) is 0 Å². The molecular weight excluding hydrogens is 95.1 g/mol. The second kappa shape index (κ2) is 7.00. The average molecular weight is 108 g/mol. The minimum absolute atomic E-state index is 0. The van der Waals surface area contributed by atoms with Crippen molar-refractivity contribution in [2.24, 2.45) is 5.92 Å². The van der Waals surface area contributed by atoms with Gasteiger partial charge in [0.1, 0.15) is 0 Å². The molecule has 0 saturated carbocycles. The quantitative estimate of drug-likeness (QED) is 0.323. The third kappa shape index (κ3) is 10.9. The minimum Gasteiger partial charge on any atom is -0.341 e. The summed E-state index contributed by atoms with van der Waals surface area (Å²) >= 11 is 0. The van der Waals surface area contributed by atoms with Crippen LogP contribution in [0.3, 0.4) is 0 Å². The van der Waals surface area contributed by atoms with E-state index in [-0.39, 0.29) is 29.6 Å². The molecule has 0 amide bonds. The molecule has 0 rings (SSSR count). The molecule has 0 saturated heterocycles. The fraction of sp³-hybridized carbons (Fsp3) is 0.833. The minimum atomic E-state index is 0. The maximum atomic E-state index is 3.83. The van der Waals surface area contributed by atoms with E-state index in [2.05, 4.69) is 20.8 Å². The molecule has 0 N–H and O–H groups in total. The average Bonchev–Trinajstić information content (AvgIpc) is 1.35. The molecule has 0 aliphatic carbocycles. The van der Waals surface area contributed by atoms with Crippen LogP contribution in [0.2, 0.25) is 0 Å². The van der Waals surface area contributed by atoms with Gasteiger partial charge in [-0.2, -0.15) is 5.92 Å². The van der Waals surface area contributed by atoms with Crippen LogP contribution in [-0.4, -0.2) is 0 Å². The molecule has 7 heavy (non-hydrogen) atoms. The van der Waals surface area contributed by atoms with E-state index in [4.69, 9.17) is 0 Å². The van der Waals surface area contributed by atoms with Crippen LogP contribution in [0.5, 0.6) is 0 Å². The first-order valence-corrected chi connectivity index (χ1v) is 2.60. The van der Waals surface area contributed by atoms with Crippen LogP contribution < -0.4 is 29.6 Å². The summed E-state index contributed by atoms with van der Waals surface area (Å²) in [7, 11) is 0. The summed E-state index contributed by atoms with van der Waals surface area (Å²) in [5, 5.41) is 0. The number of hydrogen-bond acceptors (Lipinski definition) is 0. The van der Waals surface area contributed by atoms with Gasteiger partial charge in [-0.1, -0.05) is 26.7 Å². The van der Waals surface area contributed by atoms with Crippen LogP contribution in [0.25, 0.3) is 0 Å². The summed E-state index contributed by atoms with van der Waals surface area (Å²) in [4.78, 5) is 0. The molecule has 1 atom stereocenters. The first-order chi connectivity index (χ1) is 2.77. The van der Waals surface area contributed by atoms with Crippen molar-refractivity contribution in [2.75, 3.05) is 0 Å². The maximum Gasteiger partial charge on any atom is 1.00 e. The van der Waals surface area contributed by atoms with Crippen LogP contribution in [0.4, 0.5) is 0 Å². The Bertz CT molecular complexity index is 25.4. The molecule has 0 bridgehead atoms. The maximum absolute atomic E-state index is 3.83. The van der Waals surface area contributed by atoms with E-state index in [1.54, 1.807) is 0 Å². The second-order valence-corrected chi connectivity index (χ2v) is 1.89. The summed E-state index contributed by atoms with van der Waals surface area (Å²) < 4.78 is 0. The molecule has 38 valence electrons. The van der Waals surface area contributed by atoms with E-state index in [0.29, 0.717) is 5.92 Å². The summed E-state index contributed by atoms with van der Waals surface area (Å²) in [5.41, 5.74) is 0. The molecule has 0 nitrogen and oxygen atoms in total. The second-order valence-electron chi connectivity index (χ2n) is 1.89. The predicted octanol–water partition coefficient (Wildman–Crippen LogP) is -0.739. The van der Waals surface area contributed by atoms with E-state index in [0.717, 1.165) is 0 Å². The zero-order chi connectivity index (χ0) is 4.99. The summed E-state index contributed by atoms with van der Waals surface area (Å²) in [6, 6.07) is 0. The van der Waals surface area contributed by atoms with Crippen molar-refractivity contribution < 1.29 is 29.6 Å². The molecule has 0 fully saturated rings. The zero-order valence-corrected chi connectivity index (χ0v) is 7.70. The van der Waals surface area contributed by atoms with Gasteiger partial charge in [0.15, 0.2) is 0 Å². The molecule has 0 aliphatic heterocycles. The van der Waals surface area contributed by atoms with Crippen LogP contribution in [0.1, 0.15) is 26.7 Å². The predicted molar refractivity (Wildman–Crippen MR) is 29.4 cm³/mol. The van der Waals surface area contributed by atoms with Gasteiger partial charge < -0.3 is 6.92 Å². The molecule has 0 aromatic rings. The Morgan fingerprint density at radius 1 is 1.57 bits per heavy atom. The summed E-state index contributed by atoms with van der Waals surface area (Å²) in [6.07, 6.45) is 2.53. The van der Waals surface area contributed by atoms with Crippen LogP contribution >= 0.6 is 0 Å². The van der Waals surface area contributed by atoms with Crippen LogP contribution in [0, 0.1) is 12.8 Å². The molecule has 1 heteroatoms. The van der Waals surface area contributed by atoms with Gasteiger partial charge in [0.25, 0.3) is 0 Å².